The van der Waals surface area contributed by atoms with Gasteiger partial charge in [0, 0.05) is 12.4 Å². The lowest BCUT2D eigenvalue weighted by molar-refractivity contribution is 0.410. The highest BCUT2D eigenvalue weighted by Gasteiger charge is 2.06. The molecule has 0 aliphatic carbocycles. The number of aromatic nitrogens is 2. The summed E-state index contributed by atoms with van der Waals surface area (Å²) in [6.07, 6.45) is 3.08. The molecule has 0 bridgehead atoms. The minimum absolute atomic E-state index is 0.118. The minimum atomic E-state index is -0.433. The van der Waals surface area contributed by atoms with Crippen molar-refractivity contribution in [3.63, 3.8) is 0 Å². The van der Waals surface area contributed by atoms with Crippen LogP contribution in [0.25, 0.3) is 0 Å². The van der Waals surface area contributed by atoms with Gasteiger partial charge in [-0.05, 0) is 40.5 Å². The molecule has 0 fully saturated rings. The zero-order valence-electron chi connectivity index (χ0n) is 8.45. The number of aryl methyl sites for hydroxylation is 1. The number of halogens is 2. The summed E-state index contributed by atoms with van der Waals surface area (Å²) in [6.45, 7) is 1.86. The molecule has 0 saturated heterocycles. The maximum atomic E-state index is 13.3. The molecule has 2 aromatic rings. The topological polar surface area (TPSA) is 35.0 Å². The van der Waals surface area contributed by atoms with Crippen LogP contribution < -0.4 is 4.74 Å². The molecule has 0 aliphatic heterocycles. The van der Waals surface area contributed by atoms with E-state index >= 15 is 0 Å². The van der Waals surface area contributed by atoms with E-state index in [1.165, 1.54) is 18.5 Å². The monoisotopic (exact) mass is 282 g/mol. The lowest BCUT2D eigenvalue weighted by atomic mass is 10.2. The van der Waals surface area contributed by atoms with Crippen molar-refractivity contribution in [2.24, 2.45) is 0 Å². The number of hydrogen-bond acceptors (Lipinski definition) is 3. The first-order chi connectivity index (χ1) is 7.65. The normalized spacial score (nSPS) is 10.2. The van der Waals surface area contributed by atoms with E-state index < -0.39 is 5.82 Å². The molecule has 0 aliphatic rings. The van der Waals surface area contributed by atoms with Crippen LogP contribution in [0.4, 0.5) is 4.39 Å². The second-order valence-corrected chi connectivity index (χ2v) is 4.14. The number of rotatable bonds is 2. The predicted molar refractivity (Wildman–Crippen MR) is 60.9 cm³/mol. The Balaban J connectivity index is 2.26. The minimum Gasteiger partial charge on any atom is -0.421 e. The zero-order valence-corrected chi connectivity index (χ0v) is 10.0. The summed E-state index contributed by atoms with van der Waals surface area (Å²) in [4.78, 5) is 7.79. The molecule has 0 atom stereocenters. The highest BCUT2D eigenvalue weighted by Crippen LogP contribution is 2.23. The smallest absolute Gasteiger partial charge is 0.322 e. The van der Waals surface area contributed by atoms with E-state index in [1.807, 2.05) is 6.92 Å². The van der Waals surface area contributed by atoms with Gasteiger partial charge in [0.2, 0.25) is 0 Å². The van der Waals surface area contributed by atoms with Gasteiger partial charge in [0.1, 0.15) is 0 Å². The first-order valence-corrected chi connectivity index (χ1v) is 5.36. The van der Waals surface area contributed by atoms with Crippen molar-refractivity contribution in [2.75, 3.05) is 0 Å². The summed E-state index contributed by atoms with van der Waals surface area (Å²) in [6, 6.07) is 4.74. The van der Waals surface area contributed by atoms with E-state index in [2.05, 4.69) is 25.9 Å². The Kier molecular flexibility index (Phi) is 3.14. The Morgan fingerprint density at radius 3 is 2.62 bits per heavy atom. The molecule has 2 rings (SSSR count). The predicted octanol–water partition coefficient (Wildman–Crippen LogP) is 3.48. The van der Waals surface area contributed by atoms with Crippen LogP contribution in [0.3, 0.4) is 0 Å². The lowest BCUT2D eigenvalue weighted by Crippen LogP contribution is -1.93. The summed E-state index contributed by atoms with van der Waals surface area (Å²) in [5, 5.41) is 0. The van der Waals surface area contributed by atoms with Gasteiger partial charge in [-0.1, -0.05) is 6.07 Å². The molecule has 82 valence electrons. The number of nitrogens with zero attached hydrogens (tertiary/aromatic N) is 2. The van der Waals surface area contributed by atoms with Gasteiger partial charge in [0.05, 0.1) is 4.47 Å². The van der Waals surface area contributed by atoms with Gasteiger partial charge >= 0.3 is 6.01 Å². The summed E-state index contributed by atoms with van der Waals surface area (Å²) < 4.78 is 19.3. The molecule has 1 aromatic heterocycles. The van der Waals surface area contributed by atoms with E-state index in [4.69, 9.17) is 4.74 Å². The summed E-state index contributed by atoms with van der Waals surface area (Å²) in [7, 11) is 0. The van der Waals surface area contributed by atoms with Crippen molar-refractivity contribution in [2.45, 2.75) is 6.92 Å². The van der Waals surface area contributed by atoms with E-state index in [9.17, 15) is 4.39 Å². The average Bonchev–Trinajstić information content (AvgIpc) is 2.27. The number of hydrogen-bond donors (Lipinski definition) is 0. The third-order valence-corrected chi connectivity index (χ3v) is 2.29. The average molecular weight is 283 g/mol. The van der Waals surface area contributed by atoms with Gasteiger partial charge in [-0.15, -0.1) is 0 Å². The maximum Gasteiger partial charge on any atom is 0.322 e. The van der Waals surface area contributed by atoms with Crippen molar-refractivity contribution >= 4 is 15.9 Å². The molecule has 5 heteroatoms. The van der Waals surface area contributed by atoms with Crippen molar-refractivity contribution in [3.05, 3.63) is 46.4 Å². The van der Waals surface area contributed by atoms with E-state index in [0.717, 1.165) is 10.0 Å². The van der Waals surface area contributed by atoms with Gasteiger partial charge in [0.15, 0.2) is 11.6 Å². The SMILES string of the molecule is Cc1ccc(F)c(Oc2ncc(Br)cn2)c1. The van der Waals surface area contributed by atoms with Crippen LogP contribution in [0.5, 0.6) is 11.8 Å². The van der Waals surface area contributed by atoms with Crippen molar-refractivity contribution in [3.8, 4) is 11.8 Å². The maximum absolute atomic E-state index is 13.3. The zero-order chi connectivity index (χ0) is 11.5. The van der Waals surface area contributed by atoms with Crippen LogP contribution in [0.1, 0.15) is 5.56 Å². The van der Waals surface area contributed by atoms with Gasteiger partial charge in [0.25, 0.3) is 0 Å². The molecule has 1 heterocycles. The fourth-order valence-electron chi connectivity index (χ4n) is 1.14. The van der Waals surface area contributed by atoms with Crippen LogP contribution >= 0.6 is 15.9 Å². The van der Waals surface area contributed by atoms with Crippen molar-refractivity contribution in [1.82, 2.24) is 9.97 Å². The Morgan fingerprint density at radius 2 is 1.94 bits per heavy atom. The third-order valence-electron chi connectivity index (χ3n) is 1.88. The Labute approximate surface area is 100 Å². The second-order valence-electron chi connectivity index (χ2n) is 3.22. The highest BCUT2D eigenvalue weighted by molar-refractivity contribution is 9.10. The molecule has 16 heavy (non-hydrogen) atoms. The molecule has 0 saturated carbocycles. The molecule has 0 unspecified atom stereocenters. The fourth-order valence-corrected chi connectivity index (χ4v) is 1.35. The Bertz CT molecular complexity index is 502. The van der Waals surface area contributed by atoms with Crippen LogP contribution in [0.15, 0.2) is 35.1 Å². The molecule has 0 spiro atoms. The van der Waals surface area contributed by atoms with Gasteiger partial charge in [-0.2, -0.15) is 0 Å². The first kappa shape index (κ1) is 11.0. The third kappa shape index (κ3) is 2.55. The van der Waals surface area contributed by atoms with Crippen LogP contribution in [-0.4, -0.2) is 9.97 Å². The molecular formula is C11H8BrFN2O. The summed E-state index contributed by atoms with van der Waals surface area (Å²) in [5.74, 6) is -0.306. The molecule has 0 amide bonds. The van der Waals surface area contributed by atoms with Crippen LogP contribution in [0.2, 0.25) is 0 Å². The van der Waals surface area contributed by atoms with Crippen LogP contribution in [-0.2, 0) is 0 Å². The van der Waals surface area contributed by atoms with E-state index in [-0.39, 0.29) is 11.8 Å². The standard InChI is InChI=1S/C11H8BrFN2O/c1-7-2-3-9(13)10(4-7)16-11-14-5-8(12)6-15-11/h2-6H,1H3. The van der Waals surface area contributed by atoms with Gasteiger partial charge in [-0.3, -0.25) is 0 Å². The summed E-state index contributed by atoms with van der Waals surface area (Å²) >= 11 is 3.20. The van der Waals surface area contributed by atoms with E-state index in [1.54, 1.807) is 12.1 Å². The first-order valence-electron chi connectivity index (χ1n) is 4.57. The highest BCUT2D eigenvalue weighted by atomic mass is 79.9. The largest absolute Gasteiger partial charge is 0.421 e. The summed E-state index contributed by atoms with van der Waals surface area (Å²) in [5.41, 5.74) is 0.911. The van der Waals surface area contributed by atoms with E-state index in [0.29, 0.717) is 0 Å². The lowest BCUT2D eigenvalue weighted by Gasteiger charge is -2.05. The number of ether oxygens (including phenoxy) is 1. The molecule has 1 aromatic carbocycles. The van der Waals surface area contributed by atoms with Gasteiger partial charge in [-0.25, -0.2) is 14.4 Å². The van der Waals surface area contributed by atoms with Crippen molar-refractivity contribution < 1.29 is 9.13 Å². The molecule has 0 radical (unpaired) electrons. The van der Waals surface area contributed by atoms with Crippen molar-refractivity contribution in [1.29, 1.82) is 0 Å². The molecule has 0 N–H and O–H groups in total. The second kappa shape index (κ2) is 4.57. The Morgan fingerprint density at radius 1 is 1.25 bits per heavy atom. The fraction of sp³-hybridized carbons (Fsp3) is 0.0909. The quantitative estimate of drug-likeness (QED) is 0.846. The molecular weight excluding hydrogens is 275 g/mol. The number of benzene rings is 1. The van der Waals surface area contributed by atoms with Crippen LogP contribution in [0, 0.1) is 12.7 Å². The molecule has 3 nitrogen and oxygen atoms in total. The Hall–Kier alpha value is -1.49. The van der Waals surface area contributed by atoms with Gasteiger partial charge < -0.3 is 4.74 Å².